The average Bonchev–Trinajstić information content (AvgIpc) is 2.63. The highest BCUT2D eigenvalue weighted by Crippen LogP contribution is 2.36. The lowest BCUT2D eigenvalue weighted by Gasteiger charge is -2.29. The predicted molar refractivity (Wildman–Crippen MR) is 102 cm³/mol. The molecule has 1 fully saturated rings. The van der Waals surface area contributed by atoms with Gasteiger partial charge in [0.2, 0.25) is 0 Å². The van der Waals surface area contributed by atoms with E-state index in [1.807, 2.05) is 6.08 Å². The Morgan fingerprint density at radius 3 is 2.32 bits per heavy atom. The van der Waals surface area contributed by atoms with Crippen LogP contribution in [0.1, 0.15) is 63.4 Å². The first-order chi connectivity index (χ1) is 12.2. The van der Waals surface area contributed by atoms with Gasteiger partial charge in [0.15, 0.2) is 5.78 Å². The van der Waals surface area contributed by atoms with Crippen LogP contribution in [0.25, 0.3) is 5.57 Å². The summed E-state index contributed by atoms with van der Waals surface area (Å²) in [5.41, 5.74) is 2.04. The molecule has 25 heavy (non-hydrogen) atoms. The van der Waals surface area contributed by atoms with Crippen LogP contribution in [0.15, 0.2) is 43.0 Å². The Morgan fingerprint density at radius 1 is 1.00 bits per heavy atom. The largest absolute Gasteiger partial charge is 0.295 e. The third kappa shape index (κ3) is 4.90. The third-order valence-electron chi connectivity index (χ3n) is 6.09. The van der Waals surface area contributed by atoms with Gasteiger partial charge >= 0.3 is 0 Å². The van der Waals surface area contributed by atoms with Crippen molar-refractivity contribution < 1.29 is 9.18 Å². The van der Waals surface area contributed by atoms with Crippen LogP contribution < -0.4 is 0 Å². The lowest BCUT2D eigenvalue weighted by Crippen LogP contribution is -2.20. The number of carbonyl (C=O) groups excluding carboxylic acids is 1. The van der Waals surface area contributed by atoms with Gasteiger partial charge in [0.25, 0.3) is 0 Å². The van der Waals surface area contributed by atoms with Crippen molar-refractivity contribution in [3.63, 3.8) is 0 Å². The maximum Gasteiger partial charge on any atom is 0.159 e. The molecule has 134 valence electrons. The molecule has 1 nitrogen and oxygen atoms in total. The molecule has 2 heteroatoms. The van der Waals surface area contributed by atoms with Gasteiger partial charge in [-0.3, -0.25) is 4.79 Å². The summed E-state index contributed by atoms with van der Waals surface area (Å²) in [4.78, 5) is 12.5. The van der Waals surface area contributed by atoms with Crippen LogP contribution in [0.4, 0.5) is 4.39 Å². The quantitative estimate of drug-likeness (QED) is 0.551. The first-order valence-electron chi connectivity index (χ1n) is 9.77. The van der Waals surface area contributed by atoms with E-state index in [1.165, 1.54) is 44.2 Å². The number of allylic oxidation sites excluding steroid dienone is 3. The van der Waals surface area contributed by atoms with Crippen molar-refractivity contribution in [2.24, 2.45) is 17.8 Å². The molecular weight excluding hydrogens is 311 g/mol. The van der Waals surface area contributed by atoms with E-state index in [4.69, 9.17) is 0 Å². The Morgan fingerprint density at radius 2 is 1.68 bits per heavy atom. The molecule has 0 spiro atoms. The summed E-state index contributed by atoms with van der Waals surface area (Å²) in [5.74, 6) is 1.87. The highest BCUT2D eigenvalue weighted by atomic mass is 19.1. The lowest BCUT2D eigenvalue weighted by atomic mass is 9.76. The van der Waals surface area contributed by atoms with Crippen molar-refractivity contribution in [3.8, 4) is 0 Å². The number of benzene rings is 1. The second-order valence-electron chi connectivity index (χ2n) is 7.80. The van der Waals surface area contributed by atoms with Crippen LogP contribution in [0.5, 0.6) is 0 Å². The zero-order chi connectivity index (χ0) is 17.6. The van der Waals surface area contributed by atoms with Gasteiger partial charge in [0.1, 0.15) is 5.82 Å². The van der Waals surface area contributed by atoms with Crippen LogP contribution in [-0.2, 0) is 4.79 Å². The summed E-state index contributed by atoms with van der Waals surface area (Å²) in [5, 5.41) is 0. The molecule has 0 amide bonds. The van der Waals surface area contributed by atoms with E-state index in [-0.39, 0.29) is 17.5 Å². The molecule has 0 N–H and O–H groups in total. The molecule has 0 heterocycles. The third-order valence-corrected chi connectivity index (χ3v) is 6.09. The minimum Gasteiger partial charge on any atom is -0.295 e. The van der Waals surface area contributed by atoms with Gasteiger partial charge in [0, 0.05) is 5.92 Å². The molecule has 0 bridgehead atoms. The van der Waals surface area contributed by atoms with Crippen LogP contribution >= 0.6 is 0 Å². The summed E-state index contributed by atoms with van der Waals surface area (Å²) in [6, 6.07) is 6.48. The maximum absolute atomic E-state index is 13.0. The van der Waals surface area contributed by atoms with Gasteiger partial charge < -0.3 is 0 Å². The molecule has 2 aliphatic rings. The number of hydrogen-bond acceptors (Lipinski definition) is 1. The van der Waals surface area contributed by atoms with Gasteiger partial charge in [0.05, 0.1) is 0 Å². The topological polar surface area (TPSA) is 17.1 Å². The zero-order valence-electron chi connectivity index (χ0n) is 15.1. The van der Waals surface area contributed by atoms with E-state index in [1.54, 1.807) is 12.1 Å². The highest BCUT2D eigenvalue weighted by molar-refractivity contribution is 5.99. The van der Waals surface area contributed by atoms with Crippen LogP contribution in [0.2, 0.25) is 0 Å². The SMILES string of the molecule is C=CCC1CCC(CCC2CCC(c3ccc(F)cc3)=CC2=O)CC1. The molecule has 0 aromatic heterocycles. The van der Waals surface area contributed by atoms with E-state index >= 15 is 0 Å². The van der Waals surface area contributed by atoms with Crippen molar-refractivity contribution in [1.82, 2.24) is 0 Å². The normalized spacial score (nSPS) is 27.0. The monoisotopic (exact) mass is 340 g/mol. The van der Waals surface area contributed by atoms with Gasteiger partial charge in [-0.25, -0.2) is 4.39 Å². The van der Waals surface area contributed by atoms with Gasteiger partial charge in [-0.1, -0.05) is 31.1 Å². The molecule has 1 unspecified atom stereocenters. The molecule has 1 atom stereocenters. The Hall–Kier alpha value is -1.70. The Bertz CT molecular complexity index is 620. The number of carbonyl (C=O) groups is 1. The molecule has 3 rings (SSSR count). The van der Waals surface area contributed by atoms with Gasteiger partial charge in [-0.2, -0.15) is 0 Å². The zero-order valence-corrected chi connectivity index (χ0v) is 15.1. The van der Waals surface area contributed by atoms with Crippen molar-refractivity contribution in [3.05, 3.63) is 54.4 Å². The summed E-state index contributed by atoms with van der Waals surface area (Å²) >= 11 is 0. The fourth-order valence-corrected chi connectivity index (χ4v) is 4.44. The summed E-state index contributed by atoms with van der Waals surface area (Å²) in [7, 11) is 0. The first kappa shape index (κ1) is 18.1. The molecule has 1 aromatic rings. The average molecular weight is 340 g/mol. The fourth-order valence-electron chi connectivity index (χ4n) is 4.44. The maximum atomic E-state index is 13.0. The second-order valence-corrected chi connectivity index (χ2v) is 7.80. The fraction of sp³-hybridized carbons (Fsp3) is 0.522. The lowest BCUT2D eigenvalue weighted by molar-refractivity contribution is -0.118. The standard InChI is InChI=1S/C23H29FO/c1-2-3-17-4-6-18(7-5-17)8-9-20-10-11-21(16-23(20)25)19-12-14-22(24)15-13-19/h2,12-18,20H,1,3-11H2. The van der Waals surface area contributed by atoms with Crippen molar-refractivity contribution >= 4 is 11.4 Å². The number of halogens is 1. The van der Waals surface area contributed by atoms with Crippen LogP contribution in [-0.4, -0.2) is 5.78 Å². The molecule has 1 saturated carbocycles. The van der Waals surface area contributed by atoms with E-state index < -0.39 is 0 Å². The minimum absolute atomic E-state index is 0.190. The Kier molecular flexibility index (Phi) is 6.23. The summed E-state index contributed by atoms with van der Waals surface area (Å²) in [6.07, 6.45) is 14.4. The Balaban J connectivity index is 1.48. The van der Waals surface area contributed by atoms with E-state index in [2.05, 4.69) is 12.7 Å². The smallest absolute Gasteiger partial charge is 0.159 e. The first-order valence-corrected chi connectivity index (χ1v) is 9.77. The molecule has 0 aliphatic heterocycles. The number of hydrogen-bond donors (Lipinski definition) is 0. The number of ketones is 1. The summed E-state index contributed by atoms with van der Waals surface area (Å²) < 4.78 is 13.0. The summed E-state index contributed by atoms with van der Waals surface area (Å²) in [6.45, 7) is 3.85. The molecule has 0 radical (unpaired) electrons. The van der Waals surface area contributed by atoms with Crippen molar-refractivity contribution in [2.75, 3.05) is 0 Å². The van der Waals surface area contributed by atoms with Crippen LogP contribution in [0.3, 0.4) is 0 Å². The van der Waals surface area contributed by atoms with Gasteiger partial charge in [-0.15, -0.1) is 6.58 Å². The molecule has 1 aromatic carbocycles. The Labute approximate surface area is 151 Å². The molecule has 2 aliphatic carbocycles. The number of rotatable bonds is 6. The van der Waals surface area contributed by atoms with Crippen molar-refractivity contribution in [1.29, 1.82) is 0 Å². The van der Waals surface area contributed by atoms with E-state index in [0.29, 0.717) is 0 Å². The predicted octanol–water partition coefficient (Wildman–Crippen LogP) is 6.35. The highest BCUT2D eigenvalue weighted by Gasteiger charge is 2.26. The van der Waals surface area contributed by atoms with Crippen molar-refractivity contribution in [2.45, 2.75) is 57.8 Å². The minimum atomic E-state index is -0.229. The van der Waals surface area contributed by atoms with Gasteiger partial charge in [-0.05, 0) is 86.1 Å². The van der Waals surface area contributed by atoms with Crippen LogP contribution in [0, 0.1) is 23.6 Å². The van der Waals surface area contributed by atoms with E-state index in [9.17, 15) is 9.18 Å². The second kappa shape index (κ2) is 8.60. The molecular formula is C23H29FO. The van der Waals surface area contributed by atoms with E-state index in [0.717, 1.165) is 48.7 Å². The molecule has 0 saturated heterocycles.